The van der Waals surface area contributed by atoms with Crippen molar-refractivity contribution in [2.75, 3.05) is 0 Å². The first-order chi connectivity index (χ1) is 14.7. The number of aromatic nitrogens is 8. The molecule has 0 saturated heterocycles. The summed E-state index contributed by atoms with van der Waals surface area (Å²) in [6.07, 6.45) is 0. The second-order valence-corrected chi connectivity index (χ2v) is 8.76. The Hall–Kier alpha value is -3.07. The van der Waals surface area contributed by atoms with Crippen LogP contribution in [0.15, 0.2) is 10.3 Å². The molecule has 0 spiro atoms. The maximum Gasteiger partial charge on any atom is 0.195 e. The quantitative estimate of drug-likeness (QED) is 0.449. The van der Waals surface area contributed by atoms with Gasteiger partial charge in [0.15, 0.2) is 10.3 Å². The molecule has 160 valence electrons. The number of H-pyrrole nitrogens is 2. The molecule has 0 radical (unpaired) electrons. The van der Waals surface area contributed by atoms with E-state index >= 15 is 0 Å². The van der Waals surface area contributed by atoms with E-state index in [1.54, 1.807) is 0 Å². The summed E-state index contributed by atoms with van der Waals surface area (Å²) in [5, 5.41) is 16.0. The zero-order valence-electron chi connectivity index (χ0n) is 19.1. The van der Waals surface area contributed by atoms with E-state index in [4.69, 9.17) is 19.9 Å². The van der Waals surface area contributed by atoms with Gasteiger partial charge in [0.05, 0.1) is 34.2 Å². The van der Waals surface area contributed by atoms with Crippen LogP contribution in [-0.2, 0) is 0 Å². The molecule has 0 fully saturated rings. The lowest BCUT2D eigenvalue weighted by Crippen LogP contribution is -2.03. The zero-order valence-corrected chi connectivity index (χ0v) is 19.9. The molecule has 0 unspecified atom stereocenters. The highest BCUT2D eigenvalue weighted by Gasteiger charge is 2.20. The van der Waals surface area contributed by atoms with E-state index in [0.29, 0.717) is 10.3 Å². The number of nitrogens with one attached hydrogen (secondary N) is 2. The summed E-state index contributed by atoms with van der Waals surface area (Å²) < 4.78 is 0. The predicted molar refractivity (Wildman–Crippen MR) is 121 cm³/mol. The van der Waals surface area contributed by atoms with Crippen molar-refractivity contribution >= 4 is 11.8 Å². The van der Waals surface area contributed by atoms with E-state index in [2.05, 4.69) is 20.4 Å². The largest absolute Gasteiger partial charge is 0.282 e. The van der Waals surface area contributed by atoms with Crippen molar-refractivity contribution in [3.8, 4) is 22.3 Å². The summed E-state index contributed by atoms with van der Waals surface area (Å²) in [5.41, 5.74) is 11.8. The Kier molecular flexibility index (Phi) is 5.38. The summed E-state index contributed by atoms with van der Waals surface area (Å²) in [4.78, 5) is 19.0. The van der Waals surface area contributed by atoms with E-state index in [0.717, 1.165) is 67.8 Å². The van der Waals surface area contributed by atoms with Crippen LogP contribution < -0.4 is 0 Å². The highest BCUT2D eigenvalue weighted by atomic mass is 32.2. The molecule has 2 N–H and O–H groups in total. The van der Waals surface area contributed by atoms with Crippen LogP contribution in [0, 0.1) is 55.4 Å². The molecule has 31 heavy (non-hydrogen) atoms. The average Bonchev–Trinajstić information content (AvgIpc) is 3.17. The molecule has 4 aromatic rings. The fraction of sp³-hybridized carbons (Fsp3) is 0.364. The molecule has 0 aliphatic heterocycles. The molecule has 4 heterocycles. The van der Waals surface area contributed by atoms with Crippen LogP contribution in [0.2, 0.25) is 0 Å². The first-order valence-corrected chi connectivity index (χ1v) is 10.9. The van der Waals surface area contributed by atoms with Gasteiger partial charge in [0, 0.05) is 33.6 Å². The molecule has 0 saturated carbocycles. The van der Waals surface area contributed by atoms with Gasteiger partial charge < -0.3 is 0 Å². The van der Waals surface area contributed by atoms with Crippen molar-refractivity contribution in [3.63, 3.8) is 0 Å². The molecular formula is C22H26N8S. The van der Waals surface area contributed by atoms with Crippen LogP contribution in [0.1, 0.15) is 45.6 Å². The third kappa shape index (κ3) is 3.74. The van der Waals surface area contributed by atoms with Gasteiger partial charge in [-0.25, -0.2) is 19.9 Å². The summed E-state index contributed by atoms with van der Waals surface area (Å²) >= 11 is 1.38. The second-order valence-electron chi connectivity index (χ2n) is 7.82. The minimum Gasteiger partial charge on any atom is -0.282 e. The Morgan fingerprint density at radius 2 is 0.774 bits per heavy atom. The van der Waals surface area contributed by atoms with E-state index < -0.39 is 0 Å². The first kappa shape index (κ1) is 21.2. The molecule has 0 aromatic carbocycles. The highest BCUT2D eigenvalue weighted by molar-refractivity contribution is 7.99. The summed E-state index contributed by atoms with van der Waals surface area (Å²) in [6.45, 7) is 16.0. The Balaban J connectivity index is 1.71. The fourth-order valence-corrected chi connectivity index (χ4v) is 5.00. The molecule has 4 rings (SSSR count). The lowest BCUT2D eigenvalue weighted by molar-refractivity contribution is 0.872. The van der Waals surface area contributed by atoms with Gasteiger partial charge >= 0.3 is 0 Å². The van der Waals surface area contributed by atoms with Crippen molar-refractivity contribution in [2.24, 2.45) is 0 Å². The van der Waals surface area contributed by atoms with Gasteiger partial charge in [-0.3, -0.25) is 10.2 Å². The zero-order chi connectivity index (χ0) is 22.4. The molecule has 0 bridgehead atoms. The first-order valence-electron chi connectivity index (χ1n) is 10.1. The standard InChI is InChI=1S/C22H26N8S/c1-9-17(19-13(5)27-28-14(19)6)10(2)24-21(23-9)31-22-25-11(3)18(12(4)26-22)20-15(7)29-30-16(20)8/h1-8H3,(H,27,28)(H,29,30). The molecule has 0 amide bonds. The normalized spacial score (nSPS) is 11.4. The minimum atomic E-state index is 0.639. The van der Waals surface area contributed by atoms with Crippen LogP contribution in [0.25, 0.3) is 22.3 Å². The van der Waals surface area contributed by atoms with Crippen molar-refractivity contribution in [1.29, 1.82) is 0 Å². The Bertz CT molecular complexity index is 1120. The van der Waals surface area contributed by atoms with Gasteiger partial charge in [-0.1, -0.05) is 0 Å². The second kappa shape index (κ2) is 7.88. The van der Waals surface area contributed by atoms with Crippen molar-refractivity contribution in [3.05, 3.63) is 45.6 Å². The third-order valence-corrected chi connectivity index (χ3v) is 6.17. The Labute approximate surface area is 185 Å². The fourth-order valence-electron chi connectivity index (χ4n) is 4.11. The smallest absolute Gasteiger partial charge is 0.195 e. The molecule has 0 aliphatic carbocycles. The van der Waals surface area contributed by atoms with Gasteiger partial charge in [-0.2, -0.15) is 10.2 Å². The summed E-state index contributed by atoms with van der Waals surface area (Å²) in [5.74, 6) is 0. The number of hydrogen-bond acceptors (Lipinski definition) is 7. The topological polar surface area (TPSA) is 109 Å². The van der Waals surface area contributed by atoms with Gasteiger partial charge in [0.25, 0.3) is 0 Å². The molecule has 8 nitrogen and oxygen atoms in total. The number of rotatable bonds is 4. The van der Waals surface area contributed by atoms with Gasteiger partial charge in [-0.05, 0) is 67.2 Å². The number of aryl methyl sites for hydroxylation is 8. The van der Waals surface area contributed by atoms with Gasteiger partial charge in [0.1, 0.15) is 0 Å². The van der Waals surface area contributed by atoms with Crippen LogP contribution in [0.4, 0.5) is 0 Å². The monoisotopic (exact) mass is 434 g/mol. The lowest BCUT2D eigenvalue weighted by Gasteiger charge is -2.13. The van der Waals surface area contributed by atoms with Crippen LogP contribution >= 0.6 is 11.8 Å². The molecule has 9 heteroatoms. The highest BCUT2D eigenvalue weighted by Crippen LogP contribution is 2.34. The average molecular weight is 435 g/mol. The van der Waals surface area contributed by atoms with Gasteiger partial charge in [0.2, 0.25) is 0 Å². The lowest BCUT2D eigenvalue weighted by atomic mass is 10.0. The maximum atomic E-state index is 4.74. The number of aromatic amines is 2. The van der Waals surface area contributed by atoms with E-state index in [1.165, 1.54) is 11.8 Å². The van der Waals surface area contributed by atoms with Crippen molar-refractivity contribution in [2.45, 2.75) is 65.7 Å². The molecule has 4 aromatic heterocycles. The van der Waals surface area contributed by atoms with Crippen LogP contribution in [-0.4, -0.2) is 40.3 Å². The summed E-state index contributed by atoms with van der Waals surface area (Å²) in [7, 11) is 0. The molecule has 0 atom stereocenters. The maximum absolute atomic E-state index is 4.74. The molecule has 0 aliphatic rings. The van der Waals surface area contributed by atoms with E-state index in [1.807, 2.05) is 55.4 Å². The number of hydrogen-bond donors (Lipinski definition) is 2. The van der Waals surface area contributed by atoms with E-state index in [9.17, 15) is 0 Å². The Morgan fingerprint density at radius 1 is 0.452 bits per heavy atom. The molecular weight excluding hydrogens is 408 g/mol. The number of nitrogens with zero attached hydrogens (tertiary/aromatic N) is 6. The minimum absolute atomic E-state index is 0.639. The van der Waals surface area contributed by atoms with Crippen LogP contribution in [0.3, 0.4) is 0 Å². The third-order valence-electron chi connectivity index (χ3n) is 5.44. The Morgan fingerprint density at radius 3 is 1.03 bits per heavy atom. The van der Waals surface area contributed by atoms with Crippen LogP contribution in [0.5, 0.6) is 0 Å². The summed E-state index contributed by atoms with van der Waals surface area (Å²) in [6, 6.07) is 0. The van der Waals surface area contributed by atoms with E-state index in [-0.39, 0.29) is 0 Å². The van der Waals surface area contributed by atoms with Gasteiger partial charge in [-0.15, -0.1) is 0 Å². The predicted octanol–water partition coefficient (Wildman–Crippen LogP) is 4.67. The van der Waals surface area contributed by atoms with Crippen molar-refractivity contribution in [1.82, 2.24) is 40.3 Å². The SMILES string of the molecule is Cc1nc(Sc2nc(C)c(-c3c(C)n[nH]c3C)c(C)n2)nc(C)c1-c1c(C)n[nH]c1C. The van der Waals surface area contributed by atoms with Crippen molar-refractivity contribution < 1.29 is 0 Å².